The van der Waals surface area contributed by atoms with Crippen molar-refractivity contribution in [3.05, 3.63) is 40.3 Å². The van der Waals surface area contributed by atoms with Crippen molar-refractivity contribution in [3.63, 3.8) is 0 Å². The van der Waals surface area contributed by atoms with E-state index in [1.54, 1.807) is 16.8 Å². The van der Waals surface area contributed by atoms with E-state index in [1.807, 2.05) is 0 Å². The molecular weight excluding hydrogens is 275 g/mol. The van der Waals surface area contributed by atoms with Crippen molar-refractivity contribution in [2.75, 3.05) is 10.5 Å². The summed E-state index contributed by atoms with van der Waals surface area (Å²) in [5.41, 5.74) is 5.91. The lowest BCUT2D eigenvalue weighted by Crippen LogP contribution is -2.13. The maximum absolute atomic E-state index is 13.3. The summed E-state index contributed by atoms with van der Waals surface area (Å²) < 4.78 is 39.8. The largest absolute Gasteiger partial charge is 0.396 e. The predicted octanol–water partition coefficient (Wildman–Crippen LogP) is 2.58. The van der Waals surface area contributed by atoms with Gasteiger partial charge in [-0.3, -0.25) is 4.72 Å². The van der Waals surface area contributed by atoms with Crippen LogP contribution in [0.1, 0.15) is 5.56 Å². The van der Waals surface area contributed by atoms with Gasteiger partial charge in [-0.25, -0.2) is 12.8 Å². The van der Waals surface area contributed by atoms with Crippen LogP contribution >= 0.6 is 11.3 Å². The van der Waals surface area contributed by atoms with Gasteiger partial charge in [-0.15, -0.1) is 0 Å². The summed E-state index contributed by atoms with van der Waals surface area (Å²) in [5.74, 6) is -0.593. The van der Waals surface area contributed by atoms with E-state index in [2.05, 4.69) is 4.72 Å². The molecule has 0 spiro atoms. The van der Waals surface area contributed by atoms with Crippen LogP contribution in [0, 0.1) is 12.7 Å². The van der Waals surface area contributed by atoms with Gasteiger partial charge in [0.1, 0.15) is 5.82 Å². The van der Waals surface area contributed by atoms with Crippen LogP contribution in [0.3, 0.4) is 0 Å². The fourth-order valence-corrected chi connectivity index (χ4v) is 3.29. The number of nitrogens with one attached hydrogen (secondary N) is 1. The lowest BCUT2D eigenvalue weighted by atomic mass is 10.2. The second kappa shape index (κ2) is 4.58. The Morgan fingerprint density at radius 2 is 2.11 bits per heavy atom. The Bertz CT molecular complexity index is 643. The van der Waals surface area contributed by atoms with Crippen LogP contribution in [0.5, 0.6) is 0 Å². The van der Waals surface area contributed by atoms with Gasteiger partial charge in [-0.2, -0.15) is 11.3 Å². The van der Waals surface area contributed by atoms with Gasteiger partial charge in [0.25, 0.3) is 10.0 Å². The number of nitrogen functional groups attached to an aromatic ring is 1. The predicted molar refractivity (Wildman–Crippen MR) is 70.7 cm³/mol. The number of hydrogen-bond donors (Lipinski definition) is 2. The number of sulfonamides is 1. The third-order valence-corrected chi connectivity index (χ3v) is 4.38. The van der Waals surface area contributed by atoms with Crippen LogP contribution < -0.4 is 10.5 Å². The molecule has 0 radical (unpaired) electrons. The topological polar surface area (TPSA) is 72.2 Å². The van der Waals surface area contributed by atoms with Crippen LogP contribution in [-0.4, -0.2) is 8.42 Å². The van der Waals surface area contributed by atoms with E-state index in [-0.39, 0.29) is 16.1 Å². The molecule has 4 nitrogen and oxygen atoms in total. The molecule has 96 valence electrons. The smallest absolute Gasteiger partial charge is 0.262 e. The quantitative estimate of drug-likeness (QED) is 0.852. The second-order valence-electron chi connectivity index (χ2n) is 3.76. The maximum Gasteiger partial charge on any atom is 0.262 e. The number of rotatable bonds is 3. The molecule has 0 atom stereocenters. The fourth-order valence-electron chi connectivity index (χ4n) is 1.45. The molecule has 0 saturated carbocycles. The van der Waals surface area contributed by atoms with E-state index < -0.39 is 15.8 Å². The monoisotopic (exact) mass is 286 g/mol. The van der Waals surface area contributed by atoms with Crippen molar-refractivity contribution in [1.29, 1.82) is 0 Å². The Balaban J connectivity index is 2.42. The lowest BCUT2D eigenvalue weighted by Gasteiger charge is -2.09. The second-order valence-corrected chi connectivity index (χ2v) is 6.22. The minimum absolute atomic E-state index is 0.0508. The molecule has 0 amide bonds. The van der Waals surface area contributed by atoms with Gasteiger partial charge in [-0.05, 0) is 36.1 Å². The van der Waals surface area contributed by atoms with E-state index in [4.69, 9.17) is 5.73 Å². The maximum atomic E-state index is 13.3. The van der Waals surface area contributed by atoms with E-state index in [0.717, 1.165) is 6.07 Å². The van der Waals surface area contributed by atoms with Crippen LogP contribution in [0.25, 0.3) is 0 Å². The van der Waals surface area contributed by atoms with Gasteiger partial charge in [-0.1, -0.05) is 0 Å². The van der Waals surface area contributed by atoms with E-state index >= 15 is 0 Å². The highest BCUT2D eigenvalue weighted by Gasteiger charge is 2.17. The highest BCUT2D eigenvalue weighted by atomic mass is 32.2. The summed E-state index contributed by atoms with van der Waals surface area (Å²) in [4.78, 5) is -0.0508. The Hall–Kier alpha value is -1.60. The summed E-state index contributed by atoms with van der Waals surface area (Å²) >= 11 is 1.37. The number of anilines is 2. The zero-order valence-corrected chi connectivity index (χ0v) is 11.1. The Morgan fingerprint density at radius 3 is 2.67 bits per heavy atom. The standard InChI is InChI=1S/C11H11FN2O2S2/c1-7-4-9(5-10(13)11(7)12)18(15,16)14-8-2-3-17-6-8/h2-6,14H,13H2,1H3. The Kier molecular flexibility index (Phi) is 3.27. The van der Waals surface area contributed by atoms with Crippen LogP contribution in [0.15, 0.2) is 33.9 Å². The average molecular weight is 286 g/mol. The van der Waals surface area contributed by atoms with Crippen molar-refractivity contribution in [2.24, 2.45) is 0 Å². The zero-order valence-electron chi connectivity index (χ0n) is 9.48. The number of hydrogen-bond acceptors (Lipinski definition) is 4. The third kappa shape index (κ3) is 2.46. The van der Waals surface area contributed by atoms with Crippen molar-refractivity contribution in [3.8, 4) is 0 Å². The summed E-state index contributed by atoms with van der Waals surface area (Å²) in [6.45, 7) is 1.47. The minimum Gasteiger partial charge on any atom is -0.396 e. The van der Waals surface area contributed by atoms with Gasteiger partial charge >= 0.3 is 0 Å². The third-order valence-electron chi connectivity index (χ3n) is 2.34. The first-order valence-electron chi connectivity index (χ1n) is 5.01. The molecule has 0 aliphatic heterocycles. The van der Waals surface area contributed by atoms with Crippen molar-refractivity contribution in [1.82, 2.24) is 0 Å². The van der Waals surface area contributed by atoms with Crippen molar-refractivity contribution >= 4 is 32.7 Å². The van der Waals surface area contributed by atoms with Gasteiger partial charge in [0.15, 0.2) is 0 Å². The number of nitrogens with two attached hydrogens (primary N) is 1. The molecule has 7 heteroatoms. The highest BCUT2D eigenvalue weighted by Crippen LogP contribution is 2.23. The lowest BCUT2D eigenvalue weighted by molar-refractivity contribution is 0.599. The number of aryl methyl sites for hydroxylation is 1. The molecule has 0 fully saturated rings. The summed E-state index contributed by atoms with van der Waals surface area (Å²) in [6.07, 6.45) is 0. The van der Waals surface area contributed by atoms with Crippen molar-refractivity contribution < 1.29 is 12.8 Å². The van der Waals surface area contributed by atoms with Gasteiger partial charge < -0.3 is 5.73 Å². The first-order valence-corrected chi connectivity index (χ1v) is 7.43. The molecule has 1 aromatic heterocycles. The Labute approximate surface area is 108 Å². The molecule has 1 heterocycles. The SMILES string of the molecule is Cc1cc(S(=O)(=O)Nc2ccsc2)cc(N)c1F. The first kappa shape index (κ1) is 12.8. The number of thiophene rings is 1. The summed E-state index contributed by atoms with van der Waals surface area (Å²) in [6, 6.07) is 4.00. The van der Waals surface area contributed by atoms with Crippen LogP contribution in [-0.2, 0) is 10.0 Å². The van der Waals surface area contributed by atoms with Gasteiger partial charge in [0, 0.05) is 5.38 Å². The fraction of sp³-hybridized carbons (Fsp3) is 0.0909. The zero-order chi connectivity index (χ0) is 13.3. The molecule has 0 saturated heterocycles. The highest BCUT2D eigenvalue weighted by molar-refractivity contribution is 7.92. The molecule has 3 N–H and O–H groups in total. The number of benzene rings is 1. The van der Waals surface area contributed by atoms with Gasteiger partial charge in [0.2, 0.25) is 0 Å². The molecule has 0 aliphatic carbocycles. The molecule has 1 aromatic carbocycles. The summed E-state index contributed by atoms with van der Waals surface area (Å²) in [5, 5.41) is 3.42. The molecule has 2 aromatic rings. The van der Waals surface area contributed by atoms with Crippen molar-refractivity contribution in [2.45, 2.75) is 11.8 Å². The van der Waals surface area contributed by atoms with Gasteiger partial charge in [0.05, 0.1) is 16.3 Å². The molecule has 0 bridgehead atoms. The minimum atomic E-state index is -3.74. The number of halogens is 1. The average Bonchev–Trinajstić information content (AvgIpc) is 2.77. The van der Waals surface area contributed by atoms with E-state index in [9.17, 15) is 12.8 Å². The summed E-state index contributed by atoms with van der Waals surface area (Å²) in [7, 11) is -3.74. The van der Waals surface area contributed by atoms with Crippen LogP contribution in [0.4, 0.5) is 15.8 Å². The molecule has 0 unspecified atom stereocenters. The molecule has 0 aliphatic rings. The van der Waals surface area contributed by atoms with Crippen LogP contribution in [0.2, 0.25) is 0 Å². The molecule has 2 rings (SSSR count). The molecular formula is C11H11FN2O2S2. The Morgan fingerprint density at radius 1 is 1.39 bits per heavy atom. The normalized spacial score (nSPS) is 11.4. The molecule has 18 heavy (non-hydrogen) atoms. The first-order chi connectivity index (χ1) is 8.40. The van der Waals surface area contributed by atoms with E-state index in [0.29, 0.717) is 5.69 Å². The van der Waals surface area contributed by atoms with E-state index in [1.165, 1.54) is 24.3 Å².